The highest BCUT2D eigenvalue weighted by molar-refractivity contribution is 6.42. The minimum absolute atomic E-state index is 0.0326. The first kappa shape index (κ1) is 16.1. The highest BCUT2D eigenvalue weighted by Gasteiger charge is 2.09. The van der Waals surface area contributed by atoms with Gasteiger partial charge in [0.1, 0.15) is 5.75 Å². The van der Waals surface area contributed by atoms with E-state index in [2.05, 4.69) is 10.9 Å². The van der Waals surface area contributed by atoms with Gasteiger partial charge < -0.3 is 5.11 Å². The fourth-order valence-corrected chi connectivity index (χ4v) is 2.05. The van der Waals surface area contributed by atoms with E-state index in [4.69, 9.17) is 23.2 Å². The van der Waals surface area contributed by atoms with Crippen LogP contribution in [0.4, 0.5) is 0 Å². The zero-order chi connectivity index (χ0) is 16.1. The first-order valence-corrected chi connectivity index (χ1v) is 7.03. The highest BCUT2D eigenvalue weighted by Crippen LogP contribution is 2.22. The van der Waals surface area contributed by atoms with Gasteiger partial charge in [-0.25, -0.2) is 0 Å². The number of nitrogens with one attached hydrogen (secondary N) is 2. The average Bonchev–Trinajstić information content (AvgIpc) is 2.48. The molecule has 3 N–H and O–H groups in total. The number of phenols is 1. The van der Waals surface area contributed by atoms with Crippen LogP contribution < -0.4 is 10.9 Å². The number of phenolic OH excluding ortho intramolecular Hbond substituents is 1. The van der Waals surface area contributed by atoms with Crippen molar-refractivity contribution in [1.82, 2.24) is 10.9 Å². The molecule has 2 aromatic rings. The molecule has 2 rings (SSSR count). The molecule has 0 bridgehead atoms. The Bertz CT molecular complexity index is 720. The Morgan fingerprint density at radius 1 is 1.00 bits per heavy atom. The zero-order valence-corrected chi connectivity index (χ0v) is 12.8. The number of benzene rings is 2. The molecule has 0 heterocycles. The van der Waals surface area contributed by atoms with Gasteiger partial charge in [0.15, 0.2) is 0 Å². The molecule has 0 atom stereocenters. The molecular weight excluding hydrogens is 327 g/mol. The summed E-state index contributed by atoms with van der Waals surface area (Å²) in [6.45, 7) is 0. The summed E-state index contributed by atoms with van der Waals surface area (Å²) in [5, 5.41) is 10.1. The number of hydrogen-bond donors (Lipinski definition) is 3. The van der Waals surface area contributed by atoms with E-state index in [0.717, 1.165) is 0 Å². The summed E-state index contributed by atoms with van der Waals surface area (Å²) in [5.74, 6) is -0.972. The van der Waals surface area contributed by atoms with Gasteiger partial charge >= 0.3 is 0 Å². The van der Waals surface area contributed by atoms with Crippen LogP contribution in [0.2, 0.25) is 10.0 Å². The molecule has 0 spiro atoms. The van der Waals surface area contributed by atoms with Crippen LogP contribution in [0.5, 0.6) is 5.75 Å². The Morgan fingerprint density at radius 3 is 2.45 bits per heavy atom. The van der Waals surface area contributed by atoms with Crippen molar-refractivity contribution in [3.63, 3.8) is 0 Å². The van der Waals surface area contributed by atoms with Gasteiger partial charge in [0, 0.05) is 5.56 Å². The topological polar surface area (TPSA) is 78.4 Å². The monoisotopic (exact) mass is 338 g/mol. The highest BCUT2D eigenvalue weighted by atomic mass is 35.5. The van der Waals surface area contributed by atoms with Crippen molar-refractivity contribution < 1.29 is 14.7 Å². The number of hydrazine groups is 1. The van der Waals surface area contributed by atoms with Crippen molar-refractivity contribution >= 4 is 35.0 Å². The SMILES string of the molecule is O=C(Cc1ccc(Cl)c(Cl)c1)NNC(=O)c1cccc(O)c1. The van der Waals surface area contributed by atoms with Gasteiger partial charge in [-0.2, -0.15) is 0 Å². The van der Waals surface area contributed by atoms with E-state index in [1.54, 1.807) is 18.2 Å². The smallest absolute Gasteiger partial charge is 0.269 e. The van der Waals surface area contributed by atoms with Crippen molar-refractivity contribution in [3.05, 3.63) is 63.6 Å². The molecule has 0 aromatic heterocycles. The molecule has 7 heteroatoms. The predicted molar refractivity (Wildman–Crippen MR) is 83.9 cm³/mol. The van der Waals surface area contributed by atoms with Crippen LogP contribution in [0.3, 0.4) is 0 Å². The fraction of sp³-hybridized carbons (Fsp3) is 0.0667. The van der Waals surface area contributed by atoms with Gasteiger partial charge in [0.25, 0.3) is 5.91 Å². The third-order valence-corrected chi connectivity index (χ3v) is 3.51. The maximum atomic E-state index is 11.8. The molecule has 0 aliphatic heterocycles. The van der Waals surface area contributed by atoms with Gasteiger partial charge in [-0.3, -0.25) is 20.4 Å². The lowest BCUT2D eigenvalue weighted by atomic mass is 10.1. The van der Waals surface area contributed by atoms with Gasteiger partial charge in [-0.15, -0.1) is 0 Å². The number of halogens is 2. The van der Waals surface area contributed by atoms with Crippen LogP contribution in [0, 0.1) is 0 Å². The second kappa shape index (κ2) is 7.15. The van der Waals surface area contributed by atoms with Gasteiger partial charge in [-0.1, -0.05) is 35.3 Å². The van der Waals surface area contributed by atoms with Gasteiger partial charge in [0.2, 0.25) is 5.91 Å². The third kappa shape index (κ3) is 4.38. The Labute approximate surface area is 136 Å². The van der Waals surface area contributed by atoms with Crippen molar-refractivity contribution in [1.29, 1.82) is 0 Å². The van der Waals surface area contributed by atoms with E-state index in [1.165, 1.54) is 24.3 Å². The standard InChI is InChI=1S/C15H12Cl2N2O3/c16-12-5-4-9(6-13(12)17)7-14(21)18-19-15(22)10-2-1-3-11(20)8-10/h1-6,8,20H,7H2,(H,18,21)(H,19,22). The maximum absolute atomic E-state index is 11.8. The molecular formula is C15H12Cl2N2O3. The molecule has 0 saturated carbocycles. The minimum Gasteiger partial charge on any atom is -0.508 e. The van der Waals surface area contributed by atoms with E-state index in [9.17, 15) is 14.7 Å². The first-order valence-electron chi connectivity index (χ1n) is 6.28. The summed E-state index contributed by atoms with van der Waals surface area (Å²) in [7, 11) is 0. The number of carbonyl (C=O) groups is 2. The summed E-state index contributed by atoms with van der Waals surface area (Å²) in [4.78, 5) is 23.5. The van der Waals surface area contributed by atoms with Crippen molar-refractivity contribution in [2.24, 2.45) is 0 Å². The summed E-state index contributed by atoms with van der Waals surface area (Å²) < 4.78 is 0. The van der Waals surface area contributed by atoms with Crippen molar-refractivity contribution in [2.75, 3.05) is 0 Å². The molecule has 0 radical (unpaired) electrons. The van der Waals surface area contributed by atoms with Crippen molar-refractivity contribution in [3.8, 4) is 5.75 Å². The Kier molecular flexibility index (Phi) is 5.25. The van der Waals surface area contributed by atoms with Gasteiger partial charge in [-0.05, 0) is 35.9 Å². The molecule has 0 aliphatic carbocycles. The van der Waals surface area contributed by atoms with Crippen LogP contribution in [-0.4, -0.2) is 16.9 Å². The molecule has 0 fully saturated rings. The third-order valence-electron chi connectivity index (χ3n) is 2.77. The van der Waals surface area contributed by atoms with E-state index in [-0.39, 0.29) is 17.7 Å². The Morgan fingerprint density at radius 2 is 1.77 bits per heavy atom. The normalized spacial score (nSPS) is 10.1. The van der Waals surface area contributed by atoms with Crippen molar-refractivity contribution in [2.45, 2.75) is 6.42 Å². The predicted octanol–water partition coefficient (Wildman–Crippen LogP) is 2.70. The van der Waals surface area contributed by atoms with Crippen LogP contribution in [-0.2, 0) is 11.2 Å². The quantitative estimate of drug-likeness (QED) is 0.753. The van der Waals surface area contributed by atoms with Gasteiger partial charge in [0.05, 0.1) is 16.5 Å². The number of carbonyl (C=O) groups excluding carboxylic acids is 2. The van der Waals surface area contributed by atoms with Crippen LogP contribution >= 0.6 is 23.2 Å². The summed E-state index contributed by atoms with van der Waals surface area (Å²) in [6, 6.07) is 10.6. The number of rotatable bonds is 3. The maximum Gasteiger partial charge on any atom is 0.269 e. The molecule has 0 saturated heterocycles. The minimum atomic E-state index is -0.529. The zero-order valence-electron chi connectivity index (χ0n) is 11.3. The van der Waals surface area contributed by atoms with E-state index < -0.39 is 11.8 Å². The summed E-state index contributed by atoms with van der Waals surface area (Å²) in [5.41, 5.74) is 5.45. The first-order chi connectivity index (χ1) is 10.5. The number of hydrogen-bond acceptors (Lipinski definition) is 3. The largest absolute Gasteiger partial charge is 0.508 e. The van der Waals surface area contributed by atoms with E-state index in [1.807, 2.05) is 0 Å². The molecule has 114 valence electrons. The lowest BCUT2D eigenvalue weighted by Gasteiger charge is -2.08. The second-order valence-corrected chi connectivity index (χ2v) is 5.29. The molecule has 22 heavy (non-hydrogen) atoms. The molecule has 2 amide bonds. The Hall–Kier alpha value is -2.24. The fourth-order valence-electron chi connectivity index (χ4n) is 1.72. The Balaban J connectivity index is 1.90. The number of aromatic hydroxyl groups is 1. The van der Waals surface area contributed by atoms with Crippen LogP contribution in [0.15, 0.2) is 42.5 Å². The summed E-state index contributed by atoms with van der Waals surface area (Å²) >= 11 is 11.7. The molecule has 0 unspecified atom stereocenters. The lowest BCUT2D eigenvalue weighted by Crippen LogP contribution is -2.42. The number of amides is 2. The average molecular weight is 339 g/mol. The molecule has 0 aliphatic rings. The van der Waals surface area contributed by atoms with E-state index in [0.29, 0.717) is 15.6 Å². The van der Waals surface area contributed by atoms with Crippen LogP contribution in [0.25, 0.3) is 0 Å². The van der Waals surface area contributed by atoms with Crippen LogP contribution in [0.1, 0.15) is 15.9 Å². The summed E-state index contributed by atoms with van der Waals surface area (Å²) in [6.07, 6.45) is 0.0389. The molecule has 2 aromatic carbocycles. The van der Waals surface area contributed by atoms with E-state index >= 15 is 0 Å². The molecule has 5 nitrogen and oxygen atoms in total. The lowest BCUT2D eigenvalue weighted by molar-refractivity contribution is -0.121. The second-order valence-electron chi connectivity index (χ2n) is 4.48.